The summed E-state index contributed by atoms with van der Waals surface area (Å²) in [6, 6.07) is 12.9. The Balaban J connectivity index is 2.28. The fraction of sp³-hybridized carbons (Fsp3) is 0.200. The van der Waals surface area contributed by atoms with Crippen molar-refractivity contribution >= 4 is 16.9 Å². The van der Waals surface area contributed by atoms with Crippen LogP contribution in [0.3, 0.4) is 0 Å². The van der Waals surface area contributed by atoms with Crippen LogP contribution in [0.15, 0.2) is 42.5 Å². The number of aryl methyl sites for hydroxylation is 1. The number of hydrogen-bond donors (Lipinski definition) is 1. The maximum Gasteiger partial charge on any atom is 0.336 e. The number of carboxylic acids is 1. The largest absolute Gasteiger partial charge is 0.497 e. The molecule has 0 radical (unpaired) electrons. The van der Waals surface area contributed by atoms with Gasteiger partial charge >= 0.3 is 5.97 Å². The van der Waals surface area contributed by atoms with Crippen molar-refractivity contribution in [1.82, 2.24) is 4.98 Å². The van der Waals surface area contributed by atoms with Crippen LogP contribution < -0.4 is 9.47 Å². The number of nitrogens with zero attached hydrogens (tertiary/aromatic N) is 1. The Morgan fingerprint density at radius 2 is 1.80 bits per heavy atom. The van der Waals surface area contributed by atoms with Crippen molar-refractivity contribution < 1.29 is 19.4 Å². The van der Waals surface area contributed by atoms with Crippen LogP contribution in [0.5, 0.6) is 11.5 Å². The summed E-state index contributed by atoms with van der Waals surface area (Å²) < 4.78 is 10.6. The maximum atomic E-state index is 11.8. The molecule has 0 aliphatic rings. The number of methoxy groups -OCH3 is 2. The van der Waals surface area contributed by atoms with Crippen LogP contribution in [0.2, 0.25) is 0 Å². The van der Waals surface area contributed by atoms with Crippen molar-refractivity contribution in [3.05, 3.63) is 53.6 Å². The quantitative estimate of drug-likeness (QED) is 0.756. The molecular weight excluding hydrogens is 318 g/mol. The molecule has 5 nitrogen and oxygen atoms in total. The summed E-state index contributed by atoms with van der Waals surface area (Å²) in [7, 11) is 3.04. The molecule has 5 heteroatoms. The van der Waals surface area contributed by atoms with E-state index in [1.807, 2.05) is 24.3 Å². The van der Waals surface area contributed by atoms with Gasteiger partial charge in [-0.05, 0) is 18.1 Å². The van der Waals surface area contributed by atoms with E-state index in [-0.39, 0.29) is 5.56 Å². The molecule has 0 saturated carbocycles. The Kier molecular flexibility index (Phi) is 4.57. The zero-order chi connectivity index (χ0) is 18.0. The number of benzene rings is 2. The van der Waals surface area contributed by atoms with Crippen molar-refractivity contribution in [2.45, 2.75) is 13.3 Å². The SMILES string of the molecule is CCc1ccc(-c2cc(C(=O)O)c3c(OC)cc(OC)cc3n2)cc1. The molecule has 2 aromatic carbocycles. The molecule has 0 unspecified atom stereocenters. The van der Waals surface area contributed by atoms with Gasteiger partial charge in [-0.3, -0.25) is 0 Å². The molecule has 0 amide bonds. The van der Waals surface area contributed by atoms with E-state index in [2.05, 4.69) is 11.9 Å². The van der Waals surface area contributed by atoms with E-state index < -0.39 is 5.97 Å². The average molecular weight is 337 g/mol. The highest BCUT2D eigenvalue weighted by molar-refractivity contribution is 6.06. The van der Waals surface area contributed by atoms with Gasteiger partial charge in [0.2, 0.25) is 0 Å². The molecule has 1 aromatic heterocycles. The van der Waals surface area contributed by atoms with Crippen LogP contribution in [-0.2, 0) is 6.42 Å². The topological polar surface area (TPSA) is 68.7 Å². The van der Waals surface area contributed by atoms with Gasteiger partial charge in [0.25, 0.3) is 0 Å². The average Bonchev–Trinajstić information content (AvgIpc) is 2.65. The minimum absolute atomic E-state index is 0.152. The third kappa shape index (κ3) is 3.13. The molecule has 1 heterocycles. The van der Waals surface area contributed by atoms with E-state index in [0.717, 1.165) is 12.0 Å². The Bertz CT molecular complexity index is 933. The number of rotatable bonds is 5. The van der Waals surface area contributed by atoms with Gasteiger partial charge in [0.05, 0.1) is 36.4 Å². The number of pyridine rings is 1. The first-order valence-corrected chi connectivity index (χ1v) is 7.96. The molecule has 3 rings (SSSR count). The van der Waals surface area contributed by atoms with Gasteiger partial charge in [0.1, 0.15) is 11.5 Å². The molecule has 1 N–H and O–H groups in total. The third-order valence-electron chi connectivity index (χ3n) is 4.19. The van der Waals surface area contributed by atoms with E-state index in [0.29, 0.717) is 28.1 Å². The highest BCUT2D eigenvalue weighted by Crippen LogP contribution is 2.35. The molecule has 0 bridgehead atoms. The second-order valence-electron chi connectivity index (χ2n) is 5.63. The van der Waals surface area contributed by atoms with Crippen LogP contribution in [0.1, 0.15) is 22.8 Å². The lowest BCUT2D eigenvalue weighted by Gasteiger charge is -2.12. The summed E-state index contributed by atoms with van der Waals surface area (Å²) in [6.07, 6.45) is 0.945. The lowest BCUT2D eigenvalue weighted by atomic mass is 10.0. The number of carbonyl (C=O) groups is 1. The molecule has 0 aliphatic heterocycles. The van der Waals surface area contributed by atoms with Crippen LogP contribution in [-0.4, -0.2) is 30.3 Å². The zero-order valence-electron chi connectivity index (χ0n) is 14.4. The molecule has 0 aliphatic carbocycles. The highest BCUT2D eigenvalue weighted by Gasteiger charge is 2.18. The van der Waals surface area contributed by atoms with E-state index in [1.165, 1.54) is 12.7 Å². The van der Waals surface area contributed by atoms with Gasteiger partial charge < -0.3 is 14.6 Å². The van der Waals surface area contributed by atoms with Crippen molar-refractivity contribution in [3.8, 4) is 22.8 Å². The summed E-state index contributed by atoms with van der Waals surface area (Å²) in [5, 5.41) is 10.1. The van der Waals surface area contributed by atoms with Crippen molar-refractivity contribution in [3.63, 3.8) is 0 Å². The Hall–Kier alpha value is -3.08. The van der Waals surface area contributed by atoms with Gasteiger partial charge in [-0.15, -0.1) is 0 Å². The number of fused-ring (bicyclic) bond motifs is 1. The van der Waals surface area contributed by atoms with Gasteiger partial charge in [-0.25, -0.2) is 9.78 Å². The minimum Gasteiger partial charge on any atom is -0.497 e. The summed E-state index contributed by atoms with van der Waals surface area (Å²) in [5.74, 6) is -0.0407. The van der Waals surface area contributed by atoms with Crippen LogP contribution in [0.25, 0.3) is 22.2 Å². The number of carboxylic acid groups (broad SMARTS) is 1. The Labute approximate surface area is 145 Å². The van der Waals surface area contributed by atoms with Crippen LogP contribution in [0, 0.1) is 0 Å². The summed E-state index contributed by atoms with van der Waals surface area (Å²) in [4.78, 5) is 16.4. The maximum absolute atomic E-state index is 11.8. The van der Waals surface area contributed by atoms with E-state index in [9.17, 15) is 9.90 Å². The second-order valence-corrected chi connectivity index (χ2v) is 5.63. The molecular formula is C20H19NO4. The standard InChI is InChI=1S/C20H19NO4/c1-4-12-5-7-13(8-6-12)16-11-15(20(22)23)19-17(21-16)9-14(24-2)10-18(19)25-3/h5-11H,4H2,1-3H3,(H,22,23). The van der Waals surface area contributed by atoms with Gasteiger partial charge in [-0.1, -0.05) is 31.2 Å². The summed E-state index contributed by atoms with van der Waals surface area (Å²) in [5.41, 5.74) is 3.35. The first-order valence-electron chi connectivity index (χ1n) is 7.96. The van der Waals surface area contributed by atoms with Gasteiger partial charge in [0.15, 0.2) is 0 Å². The fourth-order valence-electron chi connectivity index (χ4n) is 2.81. The lowest BCUT2D eigenvalue weighted by molar-refractivity contribution is 0.0698. The number of hydrogen-bond acceptors (Lipinski definition) is 4. The summed E-state index contributed by atoms with van der Waals surface area (Å²) >= 11 is 0. The Morgan fingerprint density at radius 3 is 2.36 bits per heavy atom. The summed E-state index contributed by atoms with van der Waals surface area (Å²) in [6.45, 7) is 2.09. The molecule has 0 atom stereocenters. The van der Waals surface area contributed by atoms with Crippen LogP contribution >= 0.6 is 0 Å². The predicted octanol–water partition coefficient (Wildman–Crippen LogP) is 4.18. The molecule has 0 fully saturated rings. The van der Waals surface area contributed by atoms with Gasteiger partial charge in [-0.2, -0.15) is 0 Å². The van der Waals surface area contributed by atoms with Crippen molar-refractivity contribution in [2.75, 3.05) is 14.2 Å². The monoisotopic (exact) mass is 337 g/mol. The second kappa shape index (κ2) is 6.81. The first kappa shape index (κ1) is 16.8. The molecule has 0 spiro atoms. The van der Waals surface area contributed by atoms with E-state index in [1.54, 1.807) is 25.3 Å². The first-order chi connectivity index (χ1) is 12.1. The fourth-order valence-corrected chi connectivity index (χ4v) is 2.81. The third-order valence-corrected chi connectivity index (χ3v) is 4.19. The lowest BCUT2D eigenvalue weighted by Crippen LogP contribution is -2.02. The van der Waals surface area contributed by atoms with Crippen LogP contribution in [0.4, 0.5) is 0 Å². The van der Waals surface area contributed by atoms with Gasteiger partial charge in [0, 0.05) is 17.7 Å². The smallest absolute Gasteiger partial charge is 0.336 e. The van der Waals surface area contributed by atoms with E-state index in [4.69, 9.17) is 9.47 Å². The minimum atomic E-state index is -1.03. The predicted molar refractivity (Wildman–Crippen MR) is 96.6 cm³/mol. The van der Waals surface area contributed by atoms with Crippen molar-refractivity contribution in [2.24, 2.45) is 0 Å². The number of aromatic carboxylic acids is 1. The number of ether oxygens (including phenoxy) is 2. The molecule has 25 heavy (non-hydrogen) atoms. The Morgan fingerprint density at radius 1 is 1.08 bits per heavy atom. The van der Waals surface area contributed by atoms with Crippen molar-refractivity contribution in [1.29, 1.82) is 0 Å². The highest BCUT2D eigenvalue weighted by atomic mass is 16.5. The zero-order valence-corrected chi connectivity index (χ0v) is 14.4. The van der Waals surface area contributed by atoms with E-state index >= 15 is 0 Å². The molecule has 3 aromatic rings. The number of aromatic nitrogens is 1. The normalized spacial score (nSPS) is 10.7. The molecule has 128 valence electrons. The molecule has 0 saturated heterocycles.